The van der Waals surface area contributed by atoms with Gasteiger partial charge in [-0.1, -0.05) is 12.8 Å². The molecule has 0 radical (unpaired) electrons. The van der Waals surface area contributed by atoms with Crippen LogP contribution in [0, 0.1) is 6.92 Å². The Balaban J connectivity index is 1.84. The SMILES string of the molecule is CSCCCCCCNc1snc(N)c1-c1nc(C)cs1. The number of nitrogens with zero attached hydrogens (tertiary/aromatic N) is 2. The van der Waals surface area contributed by atoms with E-state index in [1.165, 1.54) is 43.0 Å². The Morgan fingerprint density at radius 3 is 2.81 bits per heavy atom. The van der Waals surface area contributed by atoms with E-state index in [4.69, 9.17) is 5.73 Å². The van der Waals surface area contributed by atoms with Gasteiger partial charge in [0.25, 0.3) is 0 Å². The number of rotatable bonds is 9. The quantitative estimate of drug-likeness (QED) is 0.657. The summed E-state index contributed by atoms with van der Waals surface area (Å²) in [6.45, 7) is 2.97. The van der Waals surface area contributed by atoms with Gasteiger partial charge in [0, 0.05) is 17.6 Å². The summed E-state index contributed by atoms with van der Waals surface area (Å²) in [5.41, 5.74) is 7.99. The van der Waals surface area contributed by atoms with Crippen LogP contribution in [0.25, 0.3) is 10.6 Å². The summed E-state index contributed by atoms with van der Waals surface area (Å²) < 4.78 is 4.26. The van der Waals surface area contributed by atoms with Crippen LogP contribution in [0.3, 0.4) is 0 Å². The van der Waals surface area contributed by atoms with E-state index in [0.717, 1.165) is 27.8 Å². The molecule has 2 rings (SSSR count). The molecule has 2 heterocycles. The monoisotopic (exact) mass is 342 g/mol. The third kappa shape index (κ3) is 4.86. The number of aromatic nitrogens is 2. The number of unbranched alkanes of at least 4 members (excludes halogenated alkanes) is 3. The normalized spacial score (nSPS) is 11.0. The Morgan fingerprint density at radius 2 is 2.10 bits per heavy atom. The Labute approximate surface area is 138 Å². The summed E-state index contributed by atoms with van der Waals surface area (Å²) in [6.07, 6.45) is 7.25. The van der Waals surface area contributed by atoms with E-state index in [9.17, 15) is 0 Å². The molecule has 7 heteroatoms. The van der Waals surface area contributed by atoms with Crippen molar-refractivity contribution in [3.05, 3.63) is 11.1 Å². The lowest BCUT2D eigenvalue weighted by Crippen LogP contribution is -2.01. The molecule has 21 heavy (non-hydrogen) atoms. The van der Waals surface area contributed by atoms with Crippen molar-refractivity contribution in [2.24, 2.45) is 0 Å². The molecule has 0 bridgehead atoms. The molecule has 2 aromatic heterocycles. The maximum Gasteiger partial charge on any atom is 0.149 e. The van der Waals surface area contributed by atoms with Crippen LogP contribution in [-0.4, -0.2) is 27.9 Å². The Hall–Kier alpha value is -0.790. The van der Waals surface area contributed by atoms with Gasteiger partial charge < -0.3 is 11.1 Å². The first-order valence-electron chi connectivity index (χ1n) is 7.13. The van der Waals surface area contributed by atoms with Crippen LogP contribution in [0.15, 0.2) is 5.38 Å². The third-order valence-electron chi connectivity index (χ3n) is 3.11. The molecule has 116 valence electrons. The lowest BCUT2D eigenvalue weighted by atomic mass is 10.2. The number of thioether (sulfide) groups is 1. The van der Waals surface area contributed by atoms with Crippen LogP contribution in [0.4, 0.5) is 10.8 Å². The molecule has 0 aromatic carbocycles. The predicted octanol–water partition coefficient (Wildman–Crippen LogP) is 4.49. The Kier molecular flexibility index (Phi) is 6.79. The molecule has 0 fully saturated rings. The Morgan fingerprint density at radius 1 is 1.29 bits per heavy atom. The first kappa shape index (κ1) is 16.6. The van der Waals surface area contributed by atoms with E-state index in [-0.39, 0.29) is 0 Å². The van der Waals surface area contributed by atoms with E-state index >= 15 is 0 Å². The molecule has 0 atom stereocenters. The van der Waals surface area contributed by atoms with Gasteiger partial charge in [0.1, 0.15) is 15.8 Å². The molecule has 0 unspecified atom stereocenters. The first-order chi connectivity index (χ1) is 10.2. The molecule has 0 aliphatic carbocycles. The number of hydrogen-bond donors (Lipinski definition) is 2. The number of anilines is 2. The van der Waals surface area contributed by atoms with E-state index < -0.39 is 0 Å². The van der Waals surface area contributed by atoms with Crippen molar-refractivity contribution in [1.29, 1.82) is 0 Å². The summed E-state index contributed by atoms with van der Waals surface area (Å²) in [5, 5.41) is 7.52. The van der Waals surface area contributed by atoms with Gasteiger partial charge >= 0.3 is 0 Å². The zero-order valence-corrected chi connectivity index (χ0v) is 15.0. The van der Waals surface area contributed by atoms with Gasteiger partial charge in [-0.25, -0.2) is 4.98 Å². The zero-order chi connectivity index (χ0) is 15.1. The molecule has 2 aromatic rings. The second kappa shape index (κ2) is 8.60. The minimum absolute atomic E-state index is 0.580. The van der Waals surface area contributed by atoms with Gasteiger partial charge in [0.15, 0.2) is 0 Å². The topological polar surface area (TPSA) is 63.8 Å². The zero-order valence-electron chi connectivity index (χ0n) is 12.5. The van der Waals surface area contributed by atoms with Crippen molar-refractivity contribution < 1.29 is 0 Å². The summed E-state index contributed by atoms with van der Waals surface area (Å²) in [7, 11) is 0. The van der Waals surface area contributed by atoms with Gasteiger partial charge in [-0.15, -0.1) is 11.3 Å². The van der Waals surface area contributed by atoms with Gasteiger partial charge in [-0.05, 0) is 43.3 Å². The van der Waals surface area contributed by atoms with Crippen molar-refractivity contribution >= 4 is 45.5 Å². The molecule has 0 spiro atoms. The molecule has 0 amide bonds. The second-order valence-corrected chi connectivity index (χ2v) is 7.52. The van der Waals surface area contributed by atoms with E-state index in [2.05, 4.69) is 20.9 Å². The molecule has 4 nitrogen and oxygen atoms in total. The first-order valence-corrected chi connectivity index (χ1v) is 10.2. The number of nitrogens with two attached hydrogens (primary N) is 1. The predicted molar refractivity (Wildman–Crippen MR) is 97.7 cm³/mol. The van der Waals surface area contributed by atoms with Gasteiger partial charge in [-0.2, -0.15) is 16.1 Å². The fourth-order valence-corrected chi connectivity index (χ4v) is 4.18. The number of aryl methyl sites for hydroxylation is 1. The van der Waals surface area contributed by atoms with Crippen molar-refractivity contribution in [3.8, 4) is 10.6 Å². The van der Waals surface area contributed by atoms with Crippen molar-refractivity contribution in [1.82, 2.24) is 9.36 Å². The molecule has 0 saturated carbocycles. The fourth-order valence-electron chi connectivity index (χ4n) is 2.03. The van der Waals surface area contributed by atoms with E-state index in [1.807, 2.05) is 24.1 Å². The van der Waals surface area contributed by atoms with Crippen molar-refractivity contribution in [3.63, 3.8) is 0 Å². The van der Waals surface area contributed by atoms with Gasteiger partial charge in [-0.3, -0.25) is 0 Å². The maximum atomic E-state index is 5.99. The maximum absolute atomic E-state index is 5.99. The molecule has 0 saturated heterocycles. The standard InChI is InChI=1S/C14H22N4S3/c1-10-9-20-14(17-10)11-12(15)18-21-13(11)16-7-5-3-4-6-8-19-2/h9,16H,3-8H2,1-2H3,(H2,15,18). The molecule has 0 aliphatic rings. The minimum Gasteiger partial charge on any atom is -0.382 e. The third-order valence-corrected chi connectivity index (χ3v) is 5.61. The van der Waals surface area contributed by atoms with Crippen LogP contribution < -0.4 is 11.1 Å². The highest BCUT2D eigenvalue weighted by Gasteiger charge is 2.16. The smallest absolute Gasteiger partial charge is 0.149 e. The highest BCUT2D eigenvalue weighted by atomic mass is 32.2. The summed E-state index contributed by atoms with van der Waals surface area (Å²) in [6, 6.07) is 0. The van der Waals surface area contributed by atoms with Crippen LogP contribution in [-0.2, 0) is 0 Å². The largest absolute Gasteiger partial charge is 0.382 e. The van der Waals surface area contributed by atoms with Gasteiger partial charge in [0.2, 0.25) is 0 Å². The van der Waals surface area contributed by atoms with Crippen LogP contribution in [0.2, 0.25) is 0 Å². The number of nitrogens with one attached hydrogen (secondary N) is 1. The average molecular weight is 343 g/mol. The van der Waals surface area contributed by atoms with Gasteiger partial charge in [0.05, 0.1) is 5.56 Å². The fraction of sp³-hybridized carbons (Fsp3) is 0.571. The highest BCUT2D eigenvalue weighted by Crippen LogP contribution is 2.38. The molecular formula is C14H22N4S3. The highest BCUT2D eigenvalue weighted by molar-refractivity contribution is 7.98. The second-order valence-electron chi connectivity index (χ2n) is 4.90. The Bertz CT molecular complexity index is 550. The van der Waals surface area contributed by atoms with Crippen LogP contribution in [0.1, 0.15) is 31.4 Å². The summed E-state index contributed by atoms with van der Waals surface area (Å²) in [5.74, 6) is 1.85. The van der Waals surface area contributed by atoms with E-state index in [1.54, 1.807) is 11.3 Å². The molecule has 3 N–H and O–H groups in total. The molecule has 0 aliphatic heterocycles. The number of thiazole rings is 1. The van der Waals surface area contributed by atoms with E-state index in [0.29, 0.717) is 5.82 Å². The average Bonchev–Trinajstić information content (AvgIpc) is 3.04. The van der Waals surface area contributed by atoms with Crippen molar-refractivity contribution in [2.75, 3.05) is 29.6 Å². The minimum atomic E-state index is 0.580. The van der Waals surface area contributed by atoms with Crippen LogP contribution >= 0.6 is 34.6 Å². The summed E-state index contributed by atoms with van der Waals surface area (Å²) in [4.78, 5) is 4.52. The molecular weight excluding hydrogens is 320 g/mol. The number of nitrogen functional groups attached to an aromatic ring is 1. The van der Waals surface area contributed by atoms with Crippen molar-refractivity contribution in [2.45, 2.75) is 32.6 Å². The lowest BCUT2D eigenvalue weighted by Gasteiger charge is -2.05. The lowest BCUT2D eigenvalue weighted by molar-refractivity contribution is 0.689. The number of hydrogen-bond acceptors (Lipinski definition) is 7. The summed E-state index contributed by atoms with van der Waals surface area (Å²) >= 11 is 4.98. The van der Waals surface area contributed by atoms with Crippen LogP contribution in [0.5, 0.6) is 0 Å².